The topological polar surface area (TPSA) is 56.0 Å². The van der Waals surface area contributed by atoms with Crippen molar-refractivity contribution >= 4 is 28.6 Å². The van der Waals surface area contributed by atoms with Gasteiger partial charge in [0.05, 0.1) is 22.3 Å². The van der Waals surface area contributed by atoms with E-state index in [0.717, 1.165) is 4.88 Å². The zero-order valence-corrected chi connectivity index (χ0v) is 11.0. The Hall–Kier alpha value is -1.54. The van der Waals surface area contributed by atoms with E-state index in [1.165, 1.54) is 11.3 Å². The highest BCUT2D eigenvalue weighted by atomic mass is 35.5. The average Bonchev–Trinajstić information content (AvgIpc) is 2.91. The molecule has 0 spiro atoms. The minimum Gasteiger partial charge on any atom is -0.386 e. The summed E-state index contributed by atoms with van der Waals surface area (Å²) in [6.45, 7) is 0.356. The van der Waals surface area contributed by atoms with Gasteiger partial charge >= 0.3 is 0 Å². The lowest BCUT2D eigenvalue weighted by Crippen LogP contribution is -2.11. The fourth-order valence-electron chi connectivity index (χ4n) is 1.52. The number of aliphatic hydroxyl groups excluding tert-OH is 1. The second kappa shape index (κ2) is 5.87. The third kappa shape index (κ3) is 3.02. The molecule has 0 aliphatic carbocycles. The van der Waals surface area contributed by atoms with Gasteiger partial charge in [-0.1, -0.05) is 17.7 Å². The molecule has 0 saturated carbocycles. The lowest BCUT2D eigenvalue weighted by Gasteiger charge is -2.12. The zero-order valence-electron chi connectivity index (χ0n) is 9.43. The fourth-order valence-corrected chi connectivity index (χ4v) is 2.41. The number of aliphatic hydroxyl groups is 1. The molecule has 0 aliphatic heterocycles. The van der Waals surface area contributed by atoms with Crippen molar-refractivity contribution in [1.82, 2.24) is 0 Å². The van der Waals surface area contributed by atoms with Gasteiger partial charge in [-0.2, -0.15) is 5.26 Å². The Bertz CT molecular complexity index is 563. The van der Waals surface area contributed by atoms with E-state index in [9.17, 15) is 5.11 Å². The summed E-state index contributed by atoms with van der Waals surface area (Å²) in [5.41, 5.74) is 1.19. The van der Waals surface area contributed by atoms with Crippen molar-refractivity contribution < 1.29 is 5.11 Å². The van der Waals surface area contributed by atoms with Crippen LogP contribution in [0.25, 0.3) is 0 Å². The monoisotopic (exact) mass is 278 g/mol. The van der Waals surface area contributed by atoms with E-state index < -0.39 is 6.10 Å². The summed E-state index contributed by atoms with van der Waals surface area (Å²) in [6, 6.07) is 10.8. The molecule has 92 valence electrons. The largest absolute Gasteiger partial charge is 0.386 e. The van der Waals surface area contributed by atoms with Crippen LogP contribution in [0.5, 0.6) is 0 Å². The maximum atomic E-state index is 9.93. The van der Waals surface area contributed by atoms with Crippen LogP contribution in [0, 0.1) is 11.3 Å². The number of hydrogen-bond acceptors (Lipinski definition) is 4. The van der Waals surface area contributed by atoms with Gasteiger partial charge in [0.1, 0.15) is 6.10 Å². The van der Waals surface area contributed by atoms with Crippen LogP contribution >= 0.6 is 22.9 Å². The summed E-state index contributed by atoms with van der Waals surface area (Å²) in [5, 5.41) is 24.2. The summed E-state index contributed by atoms with van der Waals surface area (Å²) in [6.07, 6.45) is -0.577. The molecule has 0 aliphatic rings. The van der Waals surface area contributed by atoms with Gasteiger partial charge in [-0.3, -0.25) is 0 Å². The van der Waals surface area contributed by atoms with Crippen molar-refractivity contribution in [2.45, 2.75) is 6.10 Å². The van der Waals surface area contributed by atoms with Crippen molar-refractivity contribution in [3.8, 4) is 6.07 Å². The van der Waals surface area contributed by atoms with Gasteiger partial charge in [-0.25, -0.2) is 0 Å². The maximum Gasteiger partial charge on any atom is 0.105 e. The van der Waals surface area contributed by atoms with E-state index in [2.05, 4.69) is 11.4 Å². The molecule has 1 heterocycles. The first-order valence-corrected chi connectivity index (χ1v) is 6.61. The van der Waals surface area contributed by atoms with E-state index in [-0.39, 0.29) is 0 Å². The SMILES string of the molecule is N#Cc1ccc(Cl)c(NCC(O)c2cccs2)c1. The molecule has 3 nitrogen and oxygen atoms in total. The third-order valence-corrected chi connectivity index (χ3v) is 3.76. The molecule has 2 N–H and O–H groups in total. The summed E-state index contributed by atoms with van der Waals surface area (Å²) in [4.78, 5) is 0.898. The highest BCUT2D eigenvalue weighted by Gasteiger charge is 2.09. The van der Waals surface area contributed by atoms with Gasteiger partial charge in [0, 0.05) is 11.4 Å². The zero-order chi connectivity index (χ0) is 13.0. The Morgan fingerprint density at radius 1 is 1.44 bits per heavy atom. The maximum absolute atomic E-state index is 9.93. The van der Waals surface area contributed by atoms with Crippen molar-refractivity contribution in [3.63, 3.8) is 0 Å². The Morgan fingerprint density at radius 3 is 2.94 bits per heavy atom. The van der Waals surface area contributed by atoms with Gasteiger partial charge < -0.3 is 10.4 Å². The number of nitriles is 1. The van der Waals surface area contributed by atoms with E-state index >= 15 is 0 Å². The van der Waals surface area contributed by atoms with Crippen LogP contribution in [0.3, 0.4) is 0 Å². The van der Waals surface area contributed by atoms with Crippen LogP contribution in [0.1, 0.15) is 16.5 Å². The van der Waals surface area contributed by atoms with Crippen LogP contribution in [-0.4, -0.2) is 11.7 Å². The minimum atomic E-state index is -0.577. The van der Waals surface area contributed by atoms with E-state index in [1.54, 1.807) is 18.2 Å². The molecule has 0 saturated heterocycles. The molecule has 1 aromatic carbocycles. The number of thiophene rings is 1. The van der Waals surface area contributed by atoms with Crippen molar-refractivity contribution in [2.24, 2.45) is 0 Å². The predicted molar refractivity (Wildman–Crippen MR) is 73.9 cm³/mol. The number of rotatable bonds is 4. The van der Waals surface area contributed by atoms with Gasteiger partial charge in [-0.05, 0) is 29.6 Å². The Balaban J connectivity index is 2.04. The number of hydrogen-bond donors (Lipinski definition) is 2. The third-order valence-electron chi connectivity index (χ3n) is 2.45. The number of anilines is 1. The number of halogens is 1. The van der Waals surface area contributed by atoms with Crippen molar-refractivity contribution in [2.75, 3.05) is 11.9 Å². The standard InChI is InChI=1S/C13H11ClN2OS/c14-10-4-3-9(7-15)6-11(10)16-8-12(17)13-2-1-5-18-13/h1-6,12,16-17H,8H2. The van der Waals surface area contributed by atoms with Crippen LogP contribution < -0.4 is 5.32 Å². The summed E-state index contributed by atoms with van der Waals surface area (Å²) >= 11 is 7.51. The van der Waals surface area contributed by atoms with Gasteiger partial charge in [0.2, 0.25) is 0 Å². The molecule has 1 unspecified atom stereocenters. The molecule has 0 bridgehead atoms. The molecule has 0 amide bonds. The highest BCUT2D eigenvalue weighted by molar-refractivity contribution is 7.10. The van der Waals surface area contributed by atoms with Crippen molar-refractivity contribution in [1.29, 1.82) is 5.26 Å². The van der Waals surface area contributed by atoms with Crippen LogP contribution in [0.2, 0.25) is 5.02 Å². The quantitative estimate of drug-likeness (QED) is 0.901. The van der Waals surface area contributed by atoms with E-state index in [1.807, 2.05) is 17.5 Å². The lowest BCUT2D eigenvalue weighted by molar-refractivity contribution is 0.195. The second-order valence-electron chi connectivity index (χ2n) is 3.72. The number of benzene rings is 1. The first kappa shape index (κ1) is 12.9. The average molecular weight is 279 g/mol. The normalized spacial score (nSPS) is 11.8. The summed E-state index contributed by atoms with van der Waals surface area (Å²) < 4.78 is 0. The molecular weight excluding hydrogens is 268 g/mol. The molecule has 2 aromatic rings. The second-order valence-corrected chi connectivity index (χ2v) is 5.11. The molecule has 5 heteroatoms. The van der Waals surface area contributed by atoms with Gasteiger partial charge in [-0.15, -0.1) is 11.3 Å². The highest BCUT2D eigenvalue weighted by Crippen LogP contribution is 2.25. The smallest absolute Gasteiger partial charge is 0.105 e. The molecule has 2 rings (SSSR count). The number of nitrogens with one attached hydrogen (secondary N) is 1. The molecule has 0 radical (unpaired) electrons. The fraction of sp³-hybridized carbons (Fsp3) is 0.154. The predicted octanol–water partition coefficient (Wildman–Crippen LogP) is 3.42. The Morgan fingerprint density at radius 2 is 2.28 bits per heavy atom. The van der Waals surface area contributed by atoms with E-state index in [0.29, 0.717) is 22.8 Å². The van der Waals surface area contributed by atoms with Gasteiger partial charge in [0.25, 0.3) is 0 Å². The summed E-state index contributed by atoms with van der Waals surface area (Å²) in [5.74, 6) is 0. The number of nitrogens with zero attached hydrogens (tertiary/aromatic N) is 1. The lowest BCUT2D eigenvalue weighted by atomic mass is 10.2. The molecular formula is C13H11ClN2OS. The Kier molecular flexibility index (Phi) is 4.21. The molecule has 0 fully saturated rings. The van der Waals surface area contributed by atoms with Gasteiger partial charge in [0.15, 0.2) is 0 Å². The van der Waals surface area contributed by atoms with Crippen LogP contribution in [-0.2, 0) is 0 Å². The molecule has 1 atom stereocenters. The van der Waals surface area contributed by atoms with Crippen molar-refractivity contribution in [3.05, 3.63) is 51.2 Å². The first-order chi connectivity index (χ1) is 8.70. The van der Waals surface area contributed by atoms with E-state index in [4.69, 9.17) is 16.9 Å². The first-order valence-electron chi connectivity index (χ1n) is 5.35. The van der Waals surface area contributed by atoms with Crippen LogP contribution in [0.15, 0.2) is 35.7 Å². The Labute approximate surface area is 114 Å². The molecule has 1 aromatic heterocycles. The summed E-state index contributed by atoms with van der Waals surface area (Å²) in [7, 11) is 0. The molecule has 18 heavy (non-hydrogen) atoms. The minimum absolute atomic E-state index is 0.356. The van der Waals surface area contributed by atoms with Crippen LogP contribution in [0.4, 0.5) is 5.69 Å².